The molecule has 2 nitrogen and oxygen atoms in total. The summed E-state index contributed by atoms with van der Waals surface area (Å²) < 4.78 is 2.28. The minimum Gasteiger partial charge on any atom is -0.339 e. The van der Waals surface area contributed by atoms with Gasteiger partial charge in [0.1, 0.15) is 0 Å². The number of Topliss-reactive ketones (excluding diaryl/α,β-unsaturated/α-hetero) is 1. The molecule has 82 valence electrons. The van der Waals surface area contributed by atoms with Crippen LogP contribution in [0.1, 0.15) is 16.8 Å². The molecular weight excluding hydrogens is 210 g/mol. The van der Waals surface area contributed by atoms with Gasteiger partial charge in [-0.2, -0.15) is 0 Å². The van der Waals surface area contributed by atoms with Gasteiger partial charge in [0.05, 0.1) is 5.52 Å². The Bertz CT molecular complexity index is 767. The lowest BCUT2D eigenvalue weighted by molar-refractivity contribution is 0.0974. The van der Waals surface area contributed by atoms with Crippen LogP contribution in [-0.2, 0) is 6.54 Å². The Morgan fingerprint density at radius 3 is 2.71 bits per heavy atom. The summed E-state index contributed by atoms with van der Waals surface area (Å²) in [4.78, 5) is 11.9. The summed E-state index contributed by atoms with van der Waals surface area (Å²) in [5.41, 5.74) is 3.23. The average molecular weight is 221 g/mol. The minimum absolute atomic E-state index is 0.269. The molecule has 0 spiro atoms. The summed E-state index contributed by atoms with van der Waals surface area (Å²) in [5, 5.41) is 2.45. The molecule has 2 heterocycles. The number of aryl methyl sites for hydroxylation is 1. The lowest BCUT2D eigenvalue weighted by Gasteiger charge is -2.15. The van der Waals surface area contributed by atoms with Gasteiger partial charge >= 0.3 is 0 Å². The van der Waals surface area contributed by atoms with E-state index in [9.17, 15) is 4.79 Å². The Morgan fingerprint density at radius 2 is 1.76 bits per heavy atom. The Hall–Kier alpha value is -2.09. The second-order valence-corrected chi connectivity index (χ2v) is 4.54. The van der Waals surface area contributed by atoms with Crippen LogP contribution >= 0.6 is 0 Å². The molecule has 0 atom stereocenters. The molecule has 1 aliphatic rings. The molecule has 4 rings (SSSR count). The second kappa shape index (κ2) is 2.98. The van der Waals surface area contributed by atoms with Gasteiger partial charge in [0.15, 0.2) is 5.78 Å². The Balaban J connectivity index is 2.35. The Morgan fingerprint density at radius 1 is 0.941 bits per heavy atom. The number of fused-ring (bicyclic) bond motifs is 3. The maximum atomic E-state index is 11.9. The van der Waals surface area contributed by atoms with Crippen molar-refractivity contribution in [3.05, 3.63) is 48.0 Å². The summed E-state index contributed by atoms with van der Waals surface area (Å²) in [5.74, 6) is 0.269. The first-order chi connectivity index (χ1) is 8.36. The van der Waals surface area contributed by atoms with Crippen LogP contribution in [0.3, 0.4) is 0 Å². The van der Waals surface area contributed by atoms with Crippen LogP contribution in [0.15, 0.2) is 42.5 Å². The number of aromatic nitrogens is 1. The smallest absolute Gasteiger partial charge is 0.166 e. The lowest BCUT2D eigenvalue weighted by Crippen LogP contribution is -2.13. The van der Waals surface area contributed by atoms with E-state index in [0.717, 1.165) is 17.6 Å². The van der Waals surface area contributed by atoms with Crippen LogP contribution in [0.2, 0.25) is 0 Å². The number of para-hydroxylation sites is 2. The molecule has 0 unspecified atom stereocenters. The number of ketones is 1. The first kappa shape index (κ1) is 8.99. The van der Waals surface area contributed by atoms with Crippen molar-refractivity contribution in [1.82, 2.24) is 4.57 Å². The van der Waals surface area contributed by atoms with Gasteiger partial charge in [-0.3, -0.25) is 4.79 Å². The van der Waals surface area contributed by atoms with Crippen molar-refractivity contribution in [3.63, 3.8) is 0 Å². The average Bonchev–Trinajstić information content (AvgIpc) is 2.70. The normalized spacial score (nSPS) is 14.7. The van der Waals surface area contributed by atoms with E-state index in [0.29, 0.717) is 6.42 Å². The highest BCUT2D eigenvalue weighted by Gasteiger charge is 2.21. The van der Waals surface area contributed by atoms with Gasteiger partial charge in [0.2, 0.25) is 0 Å². The van der Waals surface area contributed by atoms with Crippen molar-refractivity contribution in [2.75, 3.05) is 0 Å². The molecule has 17 heavy (non-hydrogen) atoms. The van der Waals surface area contributed by atoms with E-state index in [2.05, 4.69) is 34.9 Å². The highest BCUT2D eigenvalue weighted by Crippen LogP contribution is 2.34. The third-order valence-corrected chi connectivity index (χ3v) is 3.65. The first-order valence-electron chi connectivity index (χ1n) is 5.89. The Kier molecular flexibility index (Phi) is 1.57. The van der Waals surface area contributed by atoms with E-state index in [1.807, 2.05) is 12.1 Å². The van der Waals surface area contributed by atoms with E-state index in [1.54, 1.807) is 0 Å². The van der Waals surface area contributed by atoms with Crippen molar-refractivity contribution in [3.8, 4) is 0 Å². The Labute approximate surface area is 98.5 Å². The third-order valence-electron chi connectivity index (χ3n) is 3.65. The molecule has 3 aromatic rings. The SMILES string of the molecule is O=C1CCn2c3ccccc3c3cccc1c32. The van der Waals surface area contributed by atoms with Gasteiger partial charge in [-0.25, -0.2) is 0 Å². The fourth-order valence-corrected chi connectivity index (χ4v) is 2.91. The van der Waals surface area contributed by atoms with Crippen LogP contribution in [0, 0.1) is 0 Å². The molecule has 0 amide bonds. The number of benzene rings is 2. The molecule has 0 bridgehead atoms. The van der Waals surface area contributed by atoms with Crippen LogP contribution in [0.5, 0.6) is 0 Å². The van der Waals surface area contributed by atoms with Gasteiger partial charge in [-0.1, -0.05) is 30.3 Å². The van der Waals surface area contributed by atoms with Crippen LogP contribution in [0.4, 0.5) is 0 Å². The molecule has 2 aromatic carbocycles. The van der Waals surface area contributed by atoms with Crippen LogP contribution < -0.4 is 0 Å². The summed E-state index contributed by atoms with van der Waals surface area (Å²) in [6, 6.07) is 14.4. The third kappa shape index (κ3) is 1.02. The van der Waals surface area contributed by atoms with Gasteiger partial charge < -0.3 is 4.57 Å². The van der Waals surface area contributed by atoms with Crippen molar-refractivity contribution < 1.29 is 4.79 Å². The van der Waals surface area contributed by atoms with E-state index in [4.69, 9.17) is 0 Å². The van der Waals surface area contributed by atoms with E-state index < -0.39 is 0 Å². The maximum Gasteiger partial charge on any atom is 0.166 e. The topological polar surface area (TPSA) is 22.0 Å². The minimum atomic E-state index is 0.269. The number of carbonyl (C=O) groups excluding carboxylic acids is 1. The molecule has 0 saturated heterocycles. The molecule has 0 fully saturated rings. The number of rotatable bonds is 0. The molecular formula is C15H11NO. The van der Waals surface area contributed by atoms with E-state index in [1.165, 1.54) is 16.3 Å². The summed E-state index contributed by atoms with van der Waals surface area (Å²) >= 11 is 0. The van der Waals surface area contributed by atoms with Gasteiger partial charge in [0, 0.05) is 34.8 Å². The van der Waals surface area contributed by atoms with E-state index in [-0.39, 0.29) is 5.78 Å². The zero-order valence-corrected chi connectivity index (χ0v) is 9.31. The summed E-state index contributed by atoms with van der Waals surface area (Å²) in [6.45, 7) is 0.805. The highest BCUT2D eigenvalue weighted by molar-refractivity contribution is 6.17. The molecule has 0 saturated carbocycles. The van der Waals surface area contributed by atoms with Crippen molar-refractivity contribution in [2.24, 2.45) is 0 Å². The van der Waals surface area contributed by atoms with Crippen molar-refractivity contribution in [2.45, 2.75) is 13.0 Å². The maximum absolute atomic E-state index is 11.9. The largest absolute Gasteiger partial charge is 0.339 e. The fraction of sp³-hybridized carbons (Fsp3) is 0.133. The van der Waals surface area contributed by atoms with Crippen molar-refractivity contribution in [1.29, 1.82) is 0 Å². The molecule has 0 radical (unpaired) electrons. The van der Waals surface area contributed by atoms with E-state index >= 15 is 0 Å². The van der Waals surface area contributed by atoms with Crippen molar-refractivity contribution >= 4 is 27.6 Å². The lowest BCUT2D eigenvalue weighted by atomic mass is 10.0. The molecule has 0 aliphatic carbocycles. The molecule has 0 N–H and O–H groups in total. The van der Waals surface area contributed by atoms with Gasteiger partial charge in [-0.15, -0.1) is 0 Å². The summed E-state index contributed by atoms with van der Waals surface area (Å²) in [7, 11) is 0. The van der Waals surface area contributed by atoms with Gasteiger partial charge in [0.25, 0.3) is 0 Å². The molecule has 1 aliphatic heterocycles. The standard InChI is InChI=1S/C15H11NO/c17-14-8-9-16-13-7-2-1-4-10(13)11-5-3-6-12(14)15(11)16/h1-7H,8-9H2. The number of hydrogen-bond donors (Lipinski definition) is 0. The van der Waals surface area contributed by atoms with Crippen LogP contribution in [-0.4, -0.2) is 10.4 Å². The van der Waals surface area contributed by atoms with Crippen LogP contribution in [0.25, 0.3) is 21.8 Å². The quantitative estimate of drug-likeness (QED) is 0.570. The predicted molar refractivity (Wildman–Crippen MR) is 68.4 cm³/mol. The highest BCUT2D eigenvalue weighted by atomic mass is 16.1. The zero-order chi connectivity index (χ0) is 11.4. The monoisotopic (exact) mass is 221 g/mol. The molecule has 1 aromatic heterocycles. The predicted octanol–water partition coefficient (Wildman–Crippen LogP) is 3.38. The number of carbonyl (C=O) groups is 1. The zero-order valence-electron chi connectivity index (χ0n) is 9.31. The molecule has 2 heteroatoms. The number of hydrogen-bond acceptors (Lipinski definition) is 1. The fourth-order valence-electron chi connectivity index (χ4n) is 2.91. The van der Waals surface area contributed by atoms with Gasteiger partial charge in [-0.05, 0) is 12.1 Å². The summed E-state index contributed by atoms with van der Waals surface area (Å²) in [6.07, 6.45) is 0.616. The number of nitrogens with zero attached hydrogens (tertiary/aromatic N) is 1. The second-order valence-electron chi connectivity index (χ2n) is 4.54. The first-order valence-corrected chi connectivity index (χ1v) is 5.89.